The molecule has 0 aliphatic carbocycles. The average Bonchev–Trinajstić information content (AvgIpc) is 2.96. The summed E-state index contributed by atoms with van der Waals surface area (Å²) in [6, 6.07) is 14.9. The van der Waals surface area contributed by atoms with Gasteiger partial charge in [0, 0.05) is 22.2 Å². The lowest BCUT2D eigenvalue weighted by molar-refractivity contribution is -0.122. The molecular weight excluding hydrogens is 419 g/mol. The van der Waals surface area contributed by atoms with Gasteiger partial charge in [-0.3, -0.25) is 9.59 Å². The molecule has 1 saturated heterocycles. The molecule has 1 atom stereocenters. The van der Waals surface area contributed by atoms with E-state index in [0.29, 0.717) is 18.0 Å². The molecule has 0 bridgehead atoms. The van der Waals surface area contributed by atoms with Gasteiger partial charge in [-0.1, -0.05) is 18.2 Å². The largest absolute Gasteiger partial charge is 0.495 e. The molecular formula is C18H17IN2O3. The Balaban J connectivity index is 1.73. The van der Waals surface area contributed by atoms with Gasteiger partial charge in [0.15, 0.2) is 0 Å². The molecule has 5 nitrogen and oxygen atoms in total. The Morgan fingerprint density at radius 2 is 2.04 bits per heavy atom. The number of methoxy groups -OCH3 is 1. The predicted molar refractivity (Wildman–Crippen MR) is 101 cm³/mol. The number of ether oxygens (including phenoxy) is 1. The second kappa shape index (κ2) is 7.21. The maximum absolute atomic E-state index is 12.5. The summed E-state index contributed by atoms with van der Waals surface area (Å²) in [6.45, 7) is 0.356. The van der Waals surface area contributed by atoms with Crippen LogP contribution in [-0.4, -0.2) is 25.5 Å². The van der Waals surface area contributed by atoms with Crippen LogP contribution in [0.1, 0.15) is 6.42 Å². The van der Waals surface area contributed by atoms with E-state index in [1.54, 1.807) is 12.0 Å². The van der Waals surface area contributed by atoms with Crippen molar-refractivity contribution in [2.45, 2.75) is 6.42 Å². The Morgan fingerprint density at radius 3 is 2.79 bits per heavy atom. The molecule has 0 saturated carbocycles. The first-order valence-corrected chi connectivity index (χ1v) is 8.66. The fraction of sp³-hybridized carbons (Fsp3) is 0.222. The molecule has 1 unspecified atom stereocenters. The van der Waals surface area contributed by atoms with Crippen molar-refractivity contribution >= 4 is 45.8 Å². The average molecular weight is 436 g/mol. The van der Waals surface area contributed by atoms with Crippen LogP contribution in [0, 0.1) is 9.49 Å². The van der Waals surface area contributed by atoms with E-state index in [1.807, 2.05) is 48.5 Å². The van der Waals surface area contributed by atoms with Crippen LogP contribution >= 0.6 is 22.6 Å². The van der Waals surface area contributed by atoms with Gasteiger partial charge in [0.25, 0.3) is 0 Å². The lowest BCUT2D eigenvalue weighted by Crippen LogP contribution is -2.28. The molecule has 1 N–H and O–H groups in total. The van der Waals surface area contributed by atoms with Crippen LogP contribution in [0.4, 0.5) is 11.4 Å². The van der Waals surface area contributed by atoms with Gasteiger partial charge in [0.05, 0.1) is 18.7 Å². The van der Waals surface area contributed by atoms with E-state index < -0.39 is 0 Å². The Labute approximate surface area is 154 Å². The first-order chi connectivity index (χ1) is 11.6. The van der Waals surface area contributed by atoms with Crippen LogP contribution in [0.5, 0.6) is 5.75 Å². The molecule has 2 aromatic carbocycles. The Bertz CT molecular complexity index is 778. The maximum Gasteiger partial charge on any atom is 0.229 e. The van der Waals surface area contributed by atoms with Crippen LogP contribution < -0.4 is 15.0 Å². The van der Waals surface area contributed by atoms with Crippen molar-refractivity contribution in [2.24, 2.45) is 5.92 Å². The fourth-order valence-electron chi connectivity index (χ4n) is 2.78. The highest BCUT2D eigenvalue weighted by molar-refractivity contribution is 14.1. The molecule has 1 fully saturated rings. The molecule has 2 aromatic rings. The third-order valence-corrected chi connectivity index (χ3v) is 4.63. The summed E-state index contributed by atoms with van der Waals surface area (Å²) >= 11 is 2.19. The second-order valence-electron chi connectivity index (χ2n) is 5.58. The van der Waals surface area contributed by atoms with Crippen molar-refractivity contribution in [1.29, 1.82) is 0 Å². The van der Waals surface area contributed by atoms with Crippen molar-refractivity contribution in [1.82, 2.24) is 0 Å². The molecule has 1 aliphatic rings. The Hall–Kier alpha value is -2.09. The molecule has 2 amide bonds. The zero-order chi connectivity index (χ0) is 17.1. The van der Waals surface area contributed by atoms with E-state index in [4.69, 9.17) is 4.74 Å². The van der Waals surface area contributed by atoms with Crippen LogP contribution in [0.25, 0.3) is 0 Å². The van der Waals surface area contributed by atoms with Crippen molar-refractivity contribution in [2.75, 3.05) is 23.9 Å². The number of rotatable bonds is 4. The second-order valence-corrected chi connectivity index (χ2v) is 6.82. The lowest BCUT2D eigenvalue weighted by Gasteiger charge is -2.19. The molecule has 1 heterocycles. The number of halogens is 1. The summed E-state index contributed by atoms with van der Waals surface area (Å²) in [5, 5.41) is 2.89. The summed E-state index contributed by atoms with van der Waals surface area (Å²) in [7, 11) is 1.57. The van der Waals surface area contributed by atoms with E-state index in [-0.39, 0.29) is 24.2 Å². The van der Waals surface area contributed by atoms with Gasteiger partial charge in [-0.15, -0.1) is 0 Å². The molecule has 0 radical (unpaired) electrons. The number of para-hydroxylation sites is 2. The van der Waals surface area contributed by atoms with Gasteiger partial charge in [-0.25, -0.2) is 0 Å². The molecule has 124 valence electrons. The first kappa shape index (κ1) is 16.8. The number of amides is 2. The zero-order valence-corrected chi connectivity index (χ0v) is 15.3. The first-order valence-electron chi connectivity index (χ1n) is 7.58. The van der Waals surface area contributed by atoms with Crippen molar-refractivity contribution in [3.63, 3.8) is 0 Å². The minimum Gasteiger partial charge on any atom is -0.495 e. The molecule has 3 rings (SSSR count). The van der Waals surface area contributed by atoms with Crippen molar-refractivity contribution < 1.29 is 14.3 Å². The fourth-order valence-corrected chi connectivity index (χ4v) is 3.32. The van der Waals surface area contributed by atoms with E-state index in [2.05, 4.69) is 27.9 Å². The highest BCUT2D eigenvalue weighted by Crippen LogP contribution is 2.33. The zero-order valence-electron chi connectivity index (χ0n) is 13.2. The summed E-state index contributed by atoms with van der Waals surface area (Å²) in [5.74, 6) is 0.0508. The number of carbonyl (C=O) groups excluding carboxylic acids is 2. The minimum atomic E-state index is -0.375. The van der Waals surface area contributed by atoms with E-state index in [0.717, 1.165) is 9.26 Å². The number of nitrogens with one attached hydrogen (secondary N) is 1. The molecule has 1 aliphatic heterocycles. The van der Waals surface area contributed by atoms with E-state index in [9.17, 15) is 9.59 Å². The summed E-state index contributed by atoms with van der Waals surface area (Å²) in [5.41, 5.74) is 1.45. The third kappa shape index (κ3) is 3.53. The SMILES string of the molecule is COc1ccccc1N1CC(C(=O)Nc2cccc(I)c2)CC1=O. The Kier molecular flexibility index (Phi) is 5.03. The van der Waals surface area contributed by atoms with E-state index >= 15 is 0 Å². The predicted octanol–water partition coefficient (Wildman–Crippen LogP) is 3.29. The molecule has 0 spiro atoms. The minimum absolute atomic E-state index is 0.0673. The van der Waals surface area contributed by atoms with Gasteiger partial charge in [0.2, 0.25) is 11.8 Å². The highest BCUT2D eigenvalue weighted by Gasteiger charge is 2.36. The van der Waals surface area contributed by atoms with Crippen molar-refractivity contribution in [3.05, 3.63) is 52.1 Å². The van der Waals surface area contributed by atoms with Gasteiger partial charge < -0.3 is 15.0 Å². The number of benzene rings is 2. The van der Waals surface area contributed by atoms with Crippen LogP contribution in [0.2, 0.25) is 0 Å². The monoisotopic (exact) mass is 436 g/mol. The van der Waals surface area contributed by atoms with Crippen LogP contribution in [-0.2, 0) is 9.59 Å². The standard InChI is InChI=1S/C18H17IN2O3/c1-24-16-8-3-2-7-15(16)21-11-12(9-17(21)22)18(23)20-14-6-4-5-13(19)10-14/h2-8,10,12H,9,11H2,1H3,(H,20,23). The Morgan fingerprint density at radius 1 is 1.25 bits per heavy atom. The van der Waals surface area contributed by atoms with Crippen LogP contribution in [0.15, 0.2) is 48.5 Å². The highest BCUT2D eigenvalue weighted by atomic mass is 127. The van der Waals surface area contributed by atoms with Gasteiger partial charge in [-0.05, 0) is 52.9 Å². The normalized spacial score (nSPS) is 17.0. The quantitative estimate of drug-likeness (QED) is 0.749. The van der Waals surface area contributed by atoms with E-state index in [1.165, 1.54) is 0 Å². The molecule has 6 heteroatoms. The van der Waals surface area contributed by atoms with Crippen LogP contribution in [0.3, 0.4) is 0 Å². The maximum atomic E-state index is 12.5. The van der Waals surface area contributed by atoms with Gasteiger partial charge in [0.1, 0.15) is 5.75 Å². The number of nitrogens with zero attached hydrogens (tertiary/aromatic N) is 1. The topological polar surface area (TPSA) is 58.6 Å². The summed E-state index contributed by atoms with van der Waals surface area (Å²) < 4.78 is 6.36. The van der Waals surface area contributed by atoms with Crippen molar-refractivity contribution in [3.8, 4) is 5.75 Å². The number of anilines is 2. The smallest absolute Gasteiger partial charge is 0.229 e. The number of hydrogen-bond donors (Lipinski definition) is 1. The summed E-state index contributed by atoms with van der Waals surface area (Å²) in [4.78, 5) is 26.5. The third-order valence-electron chi connectivity index (χ3n) is 3.96. The lowest BCUT2D eigenvalue weighted by atomic mass is 10.1. The number of carbonyl (C=O) groups is 2. The molecule has 24 heavy (non-hydrogen) atoms. The number of hydrogen-bond acceptors (Lipinski definition) is 3. The molecule has 0 aromatic heterocycles. The summed E-state index contributed by atoms with van der Waals surface area (Å²) in [6.07, 6.45) is 0.202. The van der Waals surface area contributed by atoms with Gasteiger partial charge in [-0.2, -0.15) is 0 Å². The van der Waals surface area contributed by atoms with Gasteiger partial charge >= 0.3 is 0 Å².